The van der Waals surface area contributed by atoms with E-state index in [9.17, 15) is 18.4 Å². The molecule has 0 spiro atoms. The molecule has 1 aromatic heterocycles. The number of benzene rings is 2. The van der Waals surface area contributed by atoms with Crippen LogP contribution in [0.25, 0.3) is 11.4 Å². The van der Waals surface area contributed by atoms with E-state index in [0.29, 0.717) is 11.1 Å². The maximum Gasteiger partial charge on any atom is 0.261 e. The fourth-order valence-corrected chi connectivity index (χ4v) is 3.10. The zero-order chi connectivity index (χ0) is 21.3. The largest absolute Gasteiger partial charge is 0.475 e. The molecule has 3 aromatic rings. The van der Waals surface area contributed by atoms with Crippen LogP contribution in [0.4, 0.5) is 8.78 Å². The fourth-order valence-electron chi connectivity index (χ4n) is 3.10. The Hall–Kier alpha value is -3.88. The number of primary amides is 1. The molecule has 2 aromatic carbocycles. The summed E-state index contributed by atoms with van der Waals surface area (Å²) in [6.45, 7) is 0.286. The van der Waals surface area contributed by atoms with Crippen molar-refractivity contribution in [1.29, 1.82) is 0 Å². The Bertz CT molecular complexity index is 1150. The first-order chi connectivity index (χ1) is 14.4. The highest BCUT2D eigenvalue weighted by molar-refractivity contribution is 5.97. The van der Waals surface area contributed by atoms with Crippen molar-refractivity contribution in [2.45, 2.75) is 6.54 Å². The van der Waals surface area contributed by atoms with E-state index in [2.05, 4.69) is 9.97 Å². The molecule has 1 aliphatic heterocycles. The van der Waals surface area contributed by atoms with Gasteiger partial charge in [-0.05, 0) is 18.2 Å². The van der Waals surface area contributed by atoms with Gasteiger partial charge in [-0.1, -0.05) is 18.2 Å². The van der Waals surface area contributed by atoms with Crippen molar-refractivity contribution in [3.8, 4) is 17.3 Å². The van der Waals surface area contributed by atoms with Crippen LogP contribution in [-0.2, 0) is 6.54 Å². The van der Waals surface area contributed by atoms with E-state index in [1.165, 1.54) is 17.2 Å². The van der Waals surface area contributed by atoms with Crippen molar-refractivity contribution in [1.82, 2.24) is 14.9 Å². The van der Waals surface area contributed by atoms with Gasteiger partial charge in [-0.25, -0.2) is 13.8 Å². The molecule has 7 nitrogen and oxygen atoms in total. The quantitative estimate of drug-likeness (QED) is 0.713. The lowest BCUT2D eigenvalue weighted by molar-refractivity contribution is 0.0741. The third-order valence-corrected chi connectivity index (χ3v) is 4.65. The zero-order valence-corrected chi connectivity index (χ0v) is 15.6. The lowest BCUT2D eigenvalue weighted by atomic mass is 10.1. The first-order valence-corrected chi connectivity index (χ1v) is 9.05. The van der Waals surface area contributed by atoms with Crippen molar-refractivity contribution in [3.63, 3.8) is 0 Å². The first kappa shape index (κ1) is 19.4. The Morgan fingerprint density at radius 3 is 2.80 bits per heavy atom. The molecule has 0 saturated heterocycles. The van der Waals surface area contributed by atoms with Crippen LogP contribution in [0.2, 0.25) is 0 Å². The van der Waals surface area contributed by atoms with E-state index in [4.69, 9.17) is 10.5 Å². The minimum absolute atomic E-state index is 0.0455. The lowest BCUT2D eigenvalue weighted by Crippen LogP contribution is -2.32. The van der Waals surface area contributed by atoms with Crippen LogP contribution in [-0.4, -0.2) is 39.8 Å². The Balaban J connectivity index is 1.62. The van der Waals surface area contributed by atoms with Crippen molar-refractivity contribution in [3.05, 3.63) is 77.0 Å². The van der Waals surface area contributed by atoms with Gasteiger partial charge in [0.05, 0.1) is 6.54 Å². The van der Waals surface area contributed by atoms with Gasteiger partial charge < -0.3 is 15.4 Å². The Kier molecular flexibility index (Phi) is 5.09. The number of hydrogen-bond donors (Lipinski definition) is 1. The van der Waals surface area contributed by atoms with Gasteiger partial charge in [0.1, 0.15) is 23.8 Å². The third-order valence-electron chi connectivity index (χ3n) is 4.65. The molecule has 9 heteroatoms. The van der Waals surface area contributed by atoms with Crippen LogP contribution in [0.15, 0.2) is 48.7 Å². The summed E-state index contributed by atoms with van der Waals surface area (Å²) in [6, 6.07) is 9.69. The van der Waals surface area contributed by atoms with Crippen LogP contribution in [0.1, 0.15) is 26.3 Å². The predicted octanol–water partition coefficient (Wildman–Crippen LogP) is 2.56. The highest BCUT2D eigenvalue weighted by Gasteiger charge is 2.26. The van der Waals surface area contributed by atoms with Gasteiger partial charge in [-0.2, -0.15) is 4.98 Å². The van der Waals surface area contributed by atoms with Gasteiger partial charge in [0.15, 0.2) is 5.82 Å². The van der Waals surface area contributed by atoms with Crippen molar-refractivity contribution in [2.75, 3.05) is 13.2 Å². The number of halogens is 2. The van der Waals surface area contributed by atoms with Crippen LogP contribution in [0.3, 0.4) is 0 Å². The third kappa shape index (κ3) is 3.82. The van der Waals surface area contributed by atoms with E-state index < -0.39 is 23.4 Å². The molecular formula is C21H16F2N4O3. The summed E-state index contributed by atoms with van der Waals surface area (Å²) < 4.78 is 32.7. The number of nitrogens with two attached hydrogens (primary N) is 1. The highest BCUT2D eigenvalue weighted by Crippen LogP contribution is 2.25. The molecule has 2 N–H and O–H groups in total. The molecule has 0 bridgehead atoms. The second-order valence-electron chi connectivity index (χ2n) is 6.67. The number of nitrogens with zero attached hydrogens (tertiary/aromatic N) is 3. The number of fused-ring (bicyclic) bond motifs is 1. The van der Waals surface area contributed by atoms with Crippen LogP contribution >= 0.6 is 0 Å². The Labute approximate surface area is 170 Å². The Morgan fingerprint density at radius 1 is 1.20 bits per heavy atom. The second-order valence-corrected chi connectivity index (χ2v) is 6.67. The summed E-state index contributed by atoms with van der Waals surface area (Å²) >= 11 is 0. The summed E-state index contributed by atoms with van der Waals surface area (Å²) in [6.07, 6.45) is 1.33. The molecule has 4 rings (SSSR count). The summed E-state index contributed by atoms with van der Waals surface area (Å²) in [5.74, 6) is -2.06. The molecule has 0 saturated carbocycles. The molecule has 0 radical (unpaired) electrons. The Morgan fingerprint density at radius 2 is 2.03 bits per heavy atom. The van der Waals surface area contributed by atoms with E-state index >= 15 is 0 Å². The summed E-state index contributed by atoms with van der Waals surface area (Å²) in [4.78, 5) is 34.2. The number of rotatable bonds is 4. The van der Waals surface area contributed by atoms with Crippen molar-refractivity contribution >= 4 is 11.8 Å². The molecule has 30 heavy (non-hydrogen) atoms. The normalized spacial score (nSPS) is 13.4. The van der Waals surface area contributed by atoms with E-state index in [1.807, 2.05) is 0 Å². The minimum atomic E-state index is -0.728. The number of hydrogen-bond acceptors (Lipinski definition) is 5. The van der Waals surface area contributed by atoms with E-state index in [1.54, 1.807) is 24.3 Å². The second kappa shape index (κ2) is 7.86. The molecule has 0 fully saturated rings. The molecule has 0 aliphatic carbocycles. The number of carbonyl (C=O) groups is 2. The van der Waals surface area contributed by atoms with Crippen LogP contribution < -0.4 is 10.5 Å². The van der Waals surface area contributed by atoms with Gasteiger partial charge in [0, 0.05) is 35.5 Å². The van der Waals surface area contributed by atoms with Crippen molar-refractivity contribution < 1.29 is 23.1 Å². The first-order valence-electron chi connectivity index (χ1n) is 9.05. The van der Waals surface area contributed by atoms with E-state index in [0.717, 1.165) is 12.1 Å². The lowest BCUT2D eigenvalue weighted by Gasteiger charge is -2.20. The molecule has 2 amide bonds. The maximum absolute atomic E-state index is 14.0. The molecule has 1 aliphatic rings. The zero-order valence-electron chi connectivity index (χ0n) is 15.6. The van der Waals surface area contributed by atoms with E-state index in [-0.39, 0.29) is 42.5 Å². The summed E-state index contributed by atoms with van der Waals surface area (Å²) in [5, 5.41) is 0. The topological polar surface area (TPSA) is 98.4 Å². The number of aromatic nitrogens is 2. The van der Waals surface area contributed by atoms with Gasteiger partial charge in [-0.15, -0.1) is 0 Å². The van der Waals surface area contributed by atoms with Crippen molar-refractivity contribution in [2.24, 2.45) is 5.73 Å². The molecule has 152 valence electrons. The molecule has 0 unspecified atom stereocenters. The highest BCUT2D eigenvalue weighted by atomic mass is 19.1. The van der Waals surface area contributed by atoms with Gasteiger partial charge >= 0.3 is 0 Å². The van der Waals surface area contributed by atoms with Gasteiger partial charge in [0.25, 0.3) is 5.91 Å². The monoisotopic (exact) mass is 410 g/mol. The fraction of sp³-hybridized carbons (Fsp3) is 0.143. The number of carbonyl (C=O) groups excluding carboxylic acids is 2. The molecular weight excluding hydrogens is 394 g/mol. The van der Waals surface area contributed by atoms with Gasteiger partial charge in [0.2, 0.25) is 11.8 Å². The molecule has 2 heterocycles. The minimum Gasteiger partial charge on any atom is -0.475 e. The maximum atomic E-state index is 14.0. The average molecular weight is 410 g/mol. The molecule has 0 atom stereocenters. The standard InChI is InChI=1S/C21H16F2N4O3/c22-15-5-4-14(17(23)9-15)11-27-6-7-30-20-16(21(27)29)10-25-19(26-20)13-3-1-2-12(8-13)18(24)28/h1-5,8-10H,6-7,11H2,(H2,24,28). The SMILES string of the molecule is NC(=O)c1cccc(-c2ncc3c(n2)OCCN(Cc2ccc(F)cc2F)C3=O)c1. The summed E-state index contributed by atoms with van der Waals surface area (Å²) in [7, 11) is 0. The van der Waals surface area contributed by atoms with Gasteiger partial charge in [-0.3, -0.25) is 9.59 Å². The summed E-state index contributed by atoms with van der Waals surface area (Å²) in [5.41, 5.74) is 6.47. The van der Waals surface area contributed by atoms with Crippen LogP contribution in [0.5, 0.6) is 5.88 Å². The average Bonchev–Trinajstić information content (AvgIpc) is 2.88. The number of ether oxygens (including phenoxy) is 1. The van der Waals surface area contributed by atoms with Crippen LogP contribution in [0, 0.1) is 11.6 Å². The number of amides is 2. The smallest absolute Gasteiger partial charge is 0.261 e. The predicted molar refractivity (Wildman–Crippen MR) is 103 cm³/mol.